The van der Waals surface area contributed by atoms with Gasteiger partial charge in [0, 0.05) is 5.56 Å². The Morgan fingerprint density at radius 2 is 1.75 bits per heavy atom. The van der Waals surface area contributed by atoms with E-state index in [4.69, 9.17) is 0 Å². The zero-order chi connectivity index (χ0) is 17.7. The molecule has 1 fully saturated rings. The quantitative estimate of drug-likeness (QED) is 0.675. The van der Waals surface area contributed by atoms with Gasteiger partial charge in [0.2, 0.25) is 0 Å². The third-order valence-electron chi connectivity index (χ3n) is 4.23. The molecule has 0 aromatic heterocycles. The first-order valence-corrected chi connectivity index (χ1v) is 8.30. The number of quaternary nitrogens is 1. The maximum atomic E-state index is 13.0. The molecule has 0 spiro atoms. The Morgan fingerprint density at radius 3 is 2.29 bits per heavy atom. The van der Waals surface area contributed by atoms with Crippen molar-refractivity contribution in [3.63, 3.8) is 0 Å². The van der Waals surface area contributed by atoms with E-state index in [0.717, 1.165) is 26.2 Å². The molecule has 7 heteroatoms. The van der Waals surface area contributed by atoms with E-state index in [1.54, 1.807) is 0 Å². The summed E-state index contributed by atoms with van der Waals surface area (Å²) in [6.07, 6.45) is 0. The molecule has 1 saturated heterocycles. The van der Waals surface area contributed by atoms with E-state index in [9.17, 15) is 14.0 Å². The Kier molecular flexibility index (Phi) is 6.28. The van der Waals surface area contributed by atoms with Crippen LogP contribution in [0.3, 0.4) is 0 Å². The van der Waals surface area contributed by atoms with Crippen molar-refractivity contribution in [2.75, 3.05) is 33.2 Å². The van der Waals surface area contributed by atoms with Crippen LogP contribution >= 0.6 is 0 Å². The Labute approximate surface area is 142 Å². The number of carbonyl (C=O) groups is 2. The zero-order valence-electron chi connectivity index (χ0n) is 14.4. The van der Waals surface area contributed by atoms with Gasteiger partial charge in [-0.25, -0.2) is 9.40 Å². The lowest BCUT2D eigenvalue weighted by atomic mass is 10.0. The second-order valence-corrected chi connectivity index (χ2v) is 6.62. The lowest BCUT2D eigenvalue weighted by Crippen LogP contribution is -3.12. The van der Waals surface area contributed by atoms with Crippen molar-refractivity contribution in [2.45, 2.75) is 19.9 Å². The highest BCUT2D eigenvalue weighted by molar-refractivity contribution is 5.97. The molecule has 2 rings (SSSR count). The molecule has 0 unspecified atom stereocenters. The van der Waals surface area contributed by atoms with Crippen LogP contribution in [-0.4, -0.2) is 56.1 Å². The Bertz CT molecular complexity index is 568. The number of hydrogen-bond donors (Lipinski definition) is 3. The molecule has 6 nitrogen and oxygen atoms in total. The number of nitrogens with zero attached hydrogens (tertiary/aromatic N) is 1. The van der Waals surface area contributed by atoms with Crippen LogP contribution in [0.25, 0.3) is 0 Å². The SMILES string of the molecule is CC(C)[C@H](NC(=O)c1ccc(F)cc1)C(=O)NN1CC[NH+](C)CC1. The summed E-state index contributed by atoms with van der Waals surface area (Å²) in [6, 6.07) is 4.62. The molecule has 1 aromatic rings. The number of likely N-dealkylation sites (N-methyl/N-ethyl adjacent to an activating group) is 1. The van der Waals surface area contributed by atoms with Gasteiger partial charge in [0.15, 0.2) is 0 Å². The third-order valence-corrected chi connectivity index (χ3v) is 4.23. The Morgan fingerprint density at radius 1 is 1.17 bits per heavy atom. The molecule has 0 radical (unpaired) electrons. The molecular weight excluding hydrogens is 311 g/mol. The van der Waals surface area contributed by atoms with Crippen LogP contribution < -0.4 is 15.6 Å². The fourth-order valence-corrected chi connectivity index (χ4v) is 2.59. The fourth-order valence-electron chi connectivity index (χ4n) is 2.59. The highest BCUT2D eigenvalue weighted by Gasteiger charge is 2.27. The van der Waals surface area contributed by atoms with Crippen LogP contribution in [0.4, 0.5) is 4.39 Å². The third kappa shape index (κ3) is 5.01. The number of carbonyl (C=O) groups excluding carboxylic acids is 2. The zero-order valence-corrected chi connectivity index (χ0v) is 14.4. The first-order valence-electron chi connectivity index (χ1n) is 8.30. The number of rotatable bonds is 5. The molecule has 1 aromatic carbocycles. The number of hydrazine groups is 1. The van der Waals surface area contributed by atoms with Gasteiger partial charge < -0.3 is 10.2 Å². The predicted molar refractivity (Wildman–Crippen MR) is 88.8 cm³/mol. The number of halogens is 1. The Balaban J connectivity index is 1.96. The van der Waals surface area contributed by atoms with Crippen molar-refractivity contribution in [2.24, 2.45) is 5.92 Å². The number of nitrogens with one attached hydrogen (secondary N) is 3. The molecule has 1 atom stereocenters. The Hall–Kier alpha value is -1.99. The van der Waals surface area contributed by atoms with Crippen molar-refractivity contribution >= 4 is 11.8 Å². The van der Waals surface area contributed by atoms with E-state index in [2.05, 4.69) is 17.8 Å². The maximum absolute atomic E-state index is 13.0. The molecule has 3 N–H and O–H groups in total. The highest BCUT2D eigenvalue weighted by atomic mass is 19.1. The minimum absolute atomic E-state index is 0.0625. The predicted octanol–water partition coefficient (Wildman–Crippen LogP) is -0.558. The normalized spacial score (nSPS) is 17.5. The van der Waals surface area contributed by atoms with Crippen molar-refractivity contribution in [1.82, 2.24) is 15.8 Å². The van der Waals surface area contributed by atoms with Crippen LogP contribution in [0.15, 0.2) is 24.3 Å². The lowest BCUT2D eigenvalue weighted by Gasteiger charge is -2.32. The second kappa shape index (κ2) is 8.21. The van der Waals surface area contributed by atoms with Crippen LogP contribution in [0.1, 0.15) is 24.2 Å². The van der Waals surface area contributed by atoms with Crippen LogP contribution in [0.2, 0.25) is 0 Å². The summed E-state index contributed by atoms with van der Waals surface area (Å²) in [5, 5.41) is 4.64. The van der Waals surface area contributed by atoms with E-state index in [-0.39, 0.29) is 17.7 Å². The number of piperazine rings is 1. The minimum Gasteiger partial charge on any atom is -0.340 e. The van der Waals surface area contributed by atoms with E-state index in [1.165, 1.54) is 29.2 Å². The molecule has 0 aliphatic carbocycles. The van der Waals surface area contributed by atoms with Gasteiger partial charge in [-0.15, -0.1) is 0 Å². The van der Waals surface area contributed by atoms with E-state index < -0.39 is 11.9 Å². The van der Waals surface area contributed by atoms with Crippen LogP contribution in [0, 0.1) is 11.7 Å². The largest absolute Gasteiger partial charge is 0.340 e. The monoisotopic (exact) mass is 337 g/mol. The molecule has 2 amide bonds. The lowest BCUT2D eigenvalue weighted by molar-refractivity contribution is -0.884. The smallest absolute Gasteiger partial charge is 0.257 e. The van der Waals surface area contributed by atoms with Crippen molar-refractivity contribution < 1.29 is 18.9 Å². The van der Waals surface area contributed by atoms with Gasteiger partial charge in [0.25, 0.3) is 11.8 Å². The molecule has 24 heavy (non-hydrogen) atoms. The van der Waals surface area contributed by atoms with Crippen molar-refractivity contribution in [3.05, 3.63) is 35.6 Å². The summed E-state index contributed by atoms with van der Waals surface area (Å²) >= 11 is 0. The average molecular weight is 337 g/mol. The molecule has 1 heterocycles. The summed E-state index contributed by atoms with van der Waals surface area (Å²) in [6.45, 7) is 7.26. The van der Waals surface area contributed by atoms with Crippen molar-refractivity contribution in [1.29, 1.82) is 0 Å². The van der Waals surface area contributed by atoms with Gasteiger partial charge in [-0.3, -0.25) is 15.0 Å². The summed E-state index contributed by atoms with van der Waals surface area (Å²) in [7, 11) is 2.12. The maximum Gasteiger partial charge on any atom is 0.257 e. The average Bonchev–Trinajstić information content (AvgIpc) is 2.54. The van der Waals surface area contributed by atoms with Gasteiger partial charge in [-0.1, -0.05) is 13.8 Å². The van der Waals surface area contributed by atoms with E-state index >= 15 is 0 Å². The molecular formula is C17H26FN4O2+. The van der Waals surface area contributed by atoms with Gasteiger partial charge >= 0.3 is 0 Å². The van der Waals surface area contributed by atoms with Crippen LogP contribution in [0.5, 0.6) is 0 Å². The summed E-state index contributed by atoms with van der Waals surface area (Å²) in [4.78, 5) is 26.2. The fraction of sp³-hybridized carbons (Fsp3) is 0.529. The number of benzene rings is 1. The van der Waals surface area contributed by atoms with Gasteiger partial charge in [-0.05, 0) is 30.2 Å². The van der Waals surface area contributed by atoms with E-state index in [1.807, 2.05) is 18.9 Å². The highest BCUT2D eigenvalue weighted by Crippen LogP contribution is 2.07. The molecule has 132 valence electrons. The molecule has 0 saturated carbocycles. The summed E-state index contributed by atoms with van der Waals surface area (Å²) in [5.74, 6) is -1.07. The first-order chi connectivity index (χ1) is 11.4. The molecule has 0 bridgehead atoms. The van der Waals surface area contributed by atoms with Crippen molar-refractivity contribution in [3.8, 4) is 0 Å². The minimum atomic E-state index is -0.644. The second-order valence-electron chi connectivity index (χ2n) is 6.62. The standard InChI is InChI=1S/C17H25FN4O2/c1-12(2)15(17(24)20-22-10-8-21(3)9-11-22)19-16(23)13-4-6-14(18)7-5-13/h4-7,12,15H,8-11H2,1-3H3,(H,19,23)(H,20,24)/p+1/t15-/m0/s1. The summed E-state index contributed by atoms with van der Waals surface area (Å²) in [5.41, 5.74) is 3.22. The van der Waals surface area contributed by atoms with Crippen LogP contribution in [-0.2, 0) is 4.79 Å². The molecule has 1 aliphatic heterocycles. The summed E-state index contributed by atoms with van der Waals surface area (Å²) < 4.78 is 13.0. The molecule has 1 aliphatic rings. The number of amides is 2. The van der Waals surface area contributed by atoms with Gasteiger partial charge in [-0.2, -0.15) is 0 Å². The van der Waals surface area contributed by atoms with Gasteiger partial charge in [0.05, 0.1) is 33.2 Å². The number of hydrogen-bond acceptors (Lipinski definition) is 3. The first kappa shape index (κ1) is 18.4. The topological polar surface area (TPSA) is 65.9 Å². The van der Waals surface area contributed by atoms with E-state index in [0.29, 0.717) is 5.56 Å². The van der Waals surface area contributed by atoms with Gasteiger partial charge in [0.1, 0.15) is 11.9 Å².